The van der Waals surface area contributed by atoms with E-state index in [2.05, 4.69) is 5.32 Å². The highest BCUT2D eigenvalue weighted by Crippen LogP contribution is 2.29. The zero-order valence-corrected chi connectivity index (χ0v) is 18.0. The maximum atomic E-state index is 13.0. The van der Waals surface area contributed by atoms with Crippen LogP contribution in [-0.2, 0) is 14.8 Å². The molecule has 2 aliphatic heterocycles. The molecular formula is C19H29N3O4S2. The van der Waals surface area contributed by atoms with Crippen molar-refractivity contribution in [2.24, 2.45) is 5.92 Å². The van der Waals surface area contributed by atoms with Crippen molar-refractivity contribution in [1.29, 1.82) is 0 Å². The smallest absolute Gasteiger partial charge is 0.254 e. The van der Waals surface area contributed by atoms with Gasteiger partial charge in [0.2, 0.25) is 5.91 Å². The number of carbonyl (C=O) groups excluding carboxylic acids is 2. The molecule has 2 aliphatic rings. The average Bonchev–Trinajstić information content (AvgIpc) is 3.23. The number of hydrogen-bond donors (Lipinski definition) is 1. The van der Waals surface area contributed by atoms with Crippen molar-refractivity contribution in [3.63, 3.8) is 0 Å². The first-order valence-corrected chi connectivity index (χ1v) is 12.4. The molecule has 1 N–H and O–H groups in total. The van der Waals surface area contributed by atoms with Crippen LogP contribution in [0.4, 0.5) is 0 Å². The predicted molar refractivity (Wildman–Crippen MR) is 109 cm³/mol. The van der Waals surface area contributed by atoms with Crippen LogP contribution in [0.5, 0.6) is 0 Å². The molecular weight excluding hydrogens is 398 g/mol. The van der Waals surface area contributed by atoms with Crippen molar-refractivity contribution in [1.82, 2.24) is 14.5 Å². The van der Waals surface area contributed by atoms with Crippen LogP contribution in [0.1, 0.15) is 55.8 Å². The lowest BCUT2D eigenvalue weighted by atomic mass is 9.97. The zero-order chi connectivity index (χ0) is 20.1. The van der Waals surface area contributed by atoms with Crippen LogP contribution in [0.25, 0.3) is 0 Å². The molecule has 28 heavy (non-hydrogen) atoms. The summed E-state index contributed by atoms with van der Waals surface area (Å²) in [6, 6.07) is 1.51. The summed E-state index contributed by atoms with van der Waals surface area (Å²) in [5, 5.41) is 4.53. The second-order valence-electron chi connectivity index (χ2n) is 7.48. The lowest BCUT2D eigenvalue weighted by Crippen LogP contribution is -2.42. The van der Waals surface area contributed by atoms with Gasteiger partial charge in [0.15, 0.2) is 0 Å². The Morgan fingerprint density at radius 2 is 1.82 bits per heavy atom. The lowest BCUT2D eigenvalue weighted by molar-refractivity contribution is -0.126. The highest BCUT2D eigenvalue weighted by atomic mass is 32.2. The number of sulfonamides is 1. The van der Waals surface area contributed by atoms with Crippen molar-refractivity contribution in [2.45, 2.75) is 49.7 Å². The topological polar surface area (TPSA) is 86.8 Å². The van der Waals surface area contributed by atoms with Gasteiger partial charge >= 0.3 is 0 Å². The van der Waals surface area contributed by atoms with E-state index in [4.69, 9.17) is 0 Å². The molecule has 0 saturated carbocycles. The first kappa shape index (κ1) is 21.3. The van der Waals surface area contributed by atoms with Gasteiger partial charge in [0, 0.05) is 44.0 Å². The third-order valence-electron chi connectivity index (χ3n) is 5.43. The first-order valence-electron chi connectivity index (χ1n) is 10.1. The van der Waals surface area contributed by atoms with E-state index < -0.39 is 10.0 Å². The van der Waals surface area contributed by atoms with Crippen molar-refractivity contribution in [3.05, 3.63) is 17.0 Å². The average molecular weight is 428 g/mol. The molecule has 1 aromatic rings. The minimum absolute atomic E-state index is 0.0180. The number of likely N-dealkylation sites (tertiary alicyclic amines) is 1. The van der Waals surface area contributed by atoms with Gasteiger partial charge in [0.25, 0.3) is 15.9 Å². The summed E-state index contributed by atoms with van der Waals surface area (Å²) in [5.41, 5.74) is 0.458. The number of nitrogens with one attached hydrogen (secondary N) is 1. The van der Waals surface area contributed by atoms with E-state index in [1.54, 1.807) is 5.38 Å². The quantitative estimate of drug-likeness (QED) is 0.755. The van der Waals surface area contributed by atoms with Gasteiger partial charge < -0.3 is 10.2 Å². The number of carbonyl (C=O) groups is 2. The SMILES string of the molecule is CCCNC(=O)C1CCN(S(=O)(=O)c2cc(C(=O)N3CCCCC3)cs2)CC1. The fraction of sp³-hybridized carbons (Fsp3) is 0.684. The number of amides is 2. The molecule has 0 aromatic carbocycles. The van der Waals surface area contributed by atoms with Crippen molar-refractivity contribution < 1.29 is 18.0 Å². The fourth-order valence-corrected chi connectivity index (χ4v) is 6.50. The molecule has 2 fully saturated rings. The van der Waals surface area contributed by atoms with Gasteiger partial charge in [-0.1, -0.05) is 6.92 Å². The van der Waals surface area contributed by atoms with E-state index in [0.29, 0.717) is 38.0 Å². The van der Waals surface area contributed by atoms with Crippen LogP contribution in [0, 0.1) is 5.92 Å². The normalized spacial score (nSPS) is 19.5. The number of hydrogen-bond acceptors (Lipinski definition) is 5. The maximum Gasteiger partial charge on any atom is 0.254 e. The first-order chi connectivity index (χ1) is 13.4. The summed E-state index contributed by atoms with van der Waals surface area (Å²) in [6.07, 6.45) is 5.08. The van der Waals surface area contributed by atoms with E-state index >= 15 is 0 Å². The molecule has 9 heteroatoms. The Morgan fingerprint density at radius 1 is 1.14 bits per heavy atom. The summed E-state index contributed by atoms with van der Waals surface area (Å²) >= 11 is 1.10. The molecule has 0 unspecified atom stereocenters. The molecule has 3 heterocycles. The summed E-state index contributed by atoms with van der Waals surface area (Å²) in [7, 11) is -3.62. The molecule has 3 rings (SSSR count). The van der Waals surface area contributed by atoms with Crippen LogP contribution in [-0.4, -0.2) is 62.2 Å². The monoisotopic (exact) mass is 427 g/mol. The second kappa shape index (κ2) is 9.37. The highest BCUT2D eigenvalue weighted by Gasteiger charge is 2.33. The second-order valence-corrected chi connectivity index (χ2v) is 10.6. The minimum Gasteiger partial charge on any atom is -0.356 e. The summed E-state index contributed by atoms with van der Waals surface area (Å²) in [5.74, 6) is -0.189. The largest absolute Gasteiger partial charge is 0.356 e. The zero-order valence-electron chi connectivity index (χ0n) is 16.4. The number of piperidine rings is 2. The van der Waals surface area contributed by atoms with E-state index in [0.717, 1.165) is 50.1 Å². The molecule has 0 radical (unpaired) electrons. The number of thiophene rings is 1. The fourth-order valence-electron chi connectivity index (χ4n) is 3.72. The van der Waals surface area contributed by atoms with E-state index in [-0.39, 0.29) is 21.9 Å². The van der Waals surface area contributed by atoms with Crippen molar-refractivity contribution in [3.8, 4) is 0 Å². The molecule has 1 aromatic heterocycles. The Kier molecular flexibility index (Phi) is 7.11. The predicted octanol–water partition coefficient (Wildman–Crippen LogP) is 2.30. The van der Waals surface area contributed by atoms with Crippen LogP contribution < -0.4 is 5.32 Å². The van der Waals surface area contributed by atoms with Gasteiger partial charge in [0.1, 0.15) is 4.21 Å². The molecule has 2 saturated heterocycles. The van der Waals surface area contributed by atoms with Gasteiger partial charge in [0.05, 0.1) is 5.56 Å². The molecule has 7 nitrogen and oxygen atoms in total. The van der Waals surface area contributed by atoms with E-state index in [1.165, 1.54) is 10.4 Å². The molecule has 2 amide bonds. The summed E-state index contributed by atoms with van der Waals surface area (Å²) in [6.45, 7) is 4.80. The van der Waals surface area contributed by atoms with Gasteiger partial charge in [-0.05, 0) is 44.6 Å². The third-order valence-corrected chi connectivity index (χ3v) is 8.75. The Hall–Kier alpha value is -1.45. The summed E-state index contributed by atoms with van der Waals surface area (Å²) in [4.78, 5) is 26.5. The molecule has 0 aliphatic carbocycles. The van der Waals surface area contributed by atoms with Crippen LogP contribution in [0.2, 0.25) is 0 Å². The minimum atomic E-state index is -3.62. The number of nitrogens with zero attached hydrogens (tertiary/aromatic N) is 2. The lowest BCUT2D eigenvalue weighted by Gasteiger charge is -2.30. The van der Waals surface area contributed by atoms with Crippen molar-refractivity contribution >= 4 is 33.2 Å². The van der Waals surface area contributed by atoms with E-state index in [1.807, 2.05) is 11.8 Å². The van der Waals surface area contributed by atoms with Gasteiger partial charge in [-0.3, -0.25) is 9.59 Å². The van der Waals surface area contributed by atoms with Crippen LogP contribution in [0.3, 0.4) is 0 Å². The van der Waals surface area contributed by atoms with Gasteiger partial charge in [-0.15, -0.1) is 11.3 Å². The van der Waals surface area contributed by atoms with Crippen molar-refractivity contribution in [2.75, 3.05) is 32.7 Å². The number of rotatable bonds is 6. The molecule has 156 valence electrons. The van der Waals surface area contributed by atoms with E-state index in [9.17, 15) is 18.0 Å². The maximum absolute atomic E-state index is 13.0. The molecule has 0 atom stereocenters. The Morgan fingerprint density at radius 3 is 2.46 bits per heavy atom. The molecule has 0 spiro atoms. The molecule has 0 bridgehead atoms. The van der Waals surface area contributed by atoms with Gasteiger partial charge in [-0.25, -0.2) is 8.42 Å². The van der Waals surface area contributed by atoms with Crippen LogP contribution >= 0.6 is 11.3 Å². The third kappa shape index (κ3) is 4.75. The Balaban J connectivity index is 1.62. The highest BCUT2D eigenvalue weighted by molar-refractivity contribution is 7.91. The Bertz CT molecular complexity index is 792. The summed E-state index contributed by atoms with van der Waals surface area (Å²) < 4.78 is 27.6. The standard InChI is InChI=1S/C19H29N3O4S2/c1-2-8-20-18(23)15-6-11-22(12-7-15)28(25,26)17-13-16(14-27-17)19(24)21-9-4-3-5-10-21/h13-15H,2-12H2,1H3,(H,20,23). The Labute approximate surface area is 171 Å². The van der Waals surface area contributed by atoms with Crippen LogP contribution in [0.15, 0.2) is 15.7 Å². The van der Waals surface area contributed by atoms with Gasteiger partial charge in [-0.2, -0.15) is 4.31 Å².